The van der Waals surface area contributed by atoms with Gasteiger partial charge in [0.2, 0.25) is 9.84 Å². The first-order valence-electron chi connectivity index (χ1n) is 7.71. The third-order valence-corrected chi connectivity index (χ3v) is 7.93. The summed E-state index contributed by atoms with van der Waals surface area (Å²) in [5.74, 6) is 0.273. The molecule has 4 aromatic rings. The van der Waals surface area contributed by atoms with E-state index in [4.69, 9.17) is 16.1 Å². The third kappa shape index (κ3) is 2.63. The van der Waals surface area contributed by atoms with Gasteiger partial charge in [-0.2, -0.15) is 0 Å². The summed E-state index contributed by atoms with van der Waals surface area (Å²) in [7, 11) is -3.82. The van der Waals surface area contributed by atoms with Crippen molar-refractivity contribution in [2.75, 3.05) is 0 Å². The maximum atomic E-state index is 13.4. The average Bonchev–Trinajstić information content (AvgIpc) is 3.17. The Morgan fingerprint density at radius 3 is 2.50 bits per heavy atom. The summed E-state index contributed by atoms with van der Waals surface area (Å²) in [5, 5.41) is 5.16. The van der Waals surface area contributed by atoms with Gasteiger partial charge in [-0.05, 0) is 43.7 Å². The summed E-state index contributed by atoms with van der Waals surface area (Å²) < 4.78 is 32.2. The number of hydrogen-bond donors (Lipinski definition) is 0. The number of rotatable bonds is 3. The van der Waals surface area contributed by atoms with Crippen LogP contribution in [-0.4, -0.2) is 18.6 Å². The van der Waals surface area contributed by atoms with Crippen molar-refractivity contribution in [1.82, 2.24) is 10.1 Å². The van der Waals surface area contributed by atoms with Crippen molar-refractivity contribution in [2.45, 2.75) is 23.0 Å². The van der Waals surface area contributed by atoms with Gasteiger partial charge in [0.15, 0.2) is 5.76 Å². The van der Waals surface area contributed by atoms with Crippen molar-refractivity contribution in [1.29, 1.82) is 0 Å². The molecule has 0 aliphatic rings. The van der Waals surface area contributed by atoms with Crippen LogP contribution in [0.5, 0.6) is 0 Å². The second-order valence-corrected chi connectivity index (χ2v) is 9.30. The number of nitrogens with zero attached hydrogens (tertiary/aromatic N) is 2. The highest BCUT2D eigenvalue weighted by Gasteiger charge is 2.32. The standard InChI is InChI=1S/C18H13ClN2O3S2/c1-10-16(11(2)24-21-10)26(22,23)18-15(12-5-7-13(19)8-6-12)14-4-3-9-20-17(14)25-18/h3-9H,1-2H3. The molecule has 0 spiro atoms. The number of aryl methyl sites for hydroxylation is 2. The Balaban J connectivity index is 2.08. The molecule has 4 rings (SSSR count). The van der Waals surface area contributed by atoms with Crippen LogP contribution in [0.2, 0.25) is 5.02 Å². The van der Waals surface area contributed by atoms with Crippen molar-refractivity contribution in [3.05, 3.63) is 59.1 Å². The molecule has 0 aliphatic heterocycles. The zero-order chi connectivity index (χ0) is 18.5. The van der Waals surface area contributed by atoms with Crippen molar-refractivity contribution < 1.29 is 12.9 Å². The van der Waals surface area contributed by atoms with Gasteiger partial charge in [0.25, 0.3) is 0 Å². The van der Waals surface area contributed by atoms with Gasteiger partial charge in [0.05, 0.1) is 5.69 Å². The lowest BCUT2D eigenvalue weighted by Gasteiger charge is -2.07. The van der Waals surface area contributed by atoms with E-state index in [-0.39, 0.29) is 14.9 Å². The number of hydrogen-bond acceptors (Lipinski definition) is 6. The van der Waals surface area contributed by atoms with E-state index >= 15 is 0 Å². The zero-order valence-corrected chi connectivity index (χ0v) is 16.2. The minimum Gasteiger partial charge on any atom is -0.360 e. The summed E-state index contributed by atoms with van der Waals surface area (Å²) in [6.45, 7) is 3.22. The fourth-order valence-electron chi connectivity index (χ4n) is 2.94. The Bertz CT molecular complexity index is 1210. The van der Waals surface area contributed by atoms with Crippen LogP contribution in [-0.2, 0) is 9.84 Å². The van der Waals surface area contributed by atoms with Crippen molar-refractivity contribution in [2.24, 2.45) is 0 Å². The van der Waals surface area contributed by atoms with Gasteiger partial charge in [-0.25, -0.2) is 13.4 Å². The Hall–Kier alpha value is -2.22. The van der Waals surface area contributed by atoms with Gasteiger partial charge in [-0.1, -0.05) is 28.9 Å². The molecular weight excluding hydrogens is 392 g/mol. The molecule has 5 nitrogen and oxygen atoms in total. The van der Waals surface area contributed by atoms with E-state index in [1.54, 1.807) is 38.2 Å². The van der Waals surface area contributed by atoms with Crippen molar-refractivity contribution in [3.8, 4) is 11.1 Å². The largest absolute Gasteiger partial charge is 0.360 e. The van der Waals surface area contributed by atoms with E-state index in [0.717, 1.165) is 22.3 Å². The molecule has 3 aromatic heterocycles. The van der Waals surface area contributed by atoms with E-state index in [1.165, 1.54) is 0 Å². The molecule has 0 N–H and O–H groups in total. The predicted octanol–water partition coefficient (Wildman–Crippen LogP) is 5.05. The van der Waals surface area contributed by atoms with E-state index < -0.39 is 9.84 Å². The number of sulfone groups is 1. The molecule has 0 saturated carbocycles. The number of pyridine rings is 1. The summed E-state index contributed by atoms with van der Waals surface area (Å²) >= 11 is 7.14. The van der Waals surface area contributed by atoms with E-state index in [2.05, 4.69) is 10.1 Å². The lowest BCUT2D eigenvalue weighted by Crippen LogP contribution is -2.03. The monoisotopic (exact) mass is 404 g/mol. The van der Waals surface area contributed by atoms with Gasteiger partial charge < -0.3 is 4.52 Å². The normalized spacial score (nSPS) is 12.0. The van der Waals surface area contributed by atoms with Gasteiger partial charge >= 0.3 is 0 Å². The second kappa shape index (κ2) is 6.19. The molecule has 0 radical (unpaired) electrons. The SMILES string of the molecule is Cc1noc(C)c1S(=O)(=O)c1sc2ncccc2c1-c1ccc(Cl)cc1. The minimum absolute atomic E-state index is 0.110. The lowest BCUT2D eigenvalue weighted by molar-refractivity contribution is 0.390. The Kier molecular flexibility index (Phi) is 4.10. The third-order valence-electron chi connectivity index (χ3n) is 4.05. The van der Waals surface area contributed by atoms with Gasteiger partial charge in [-0.15, -0.1) is 11.3 Å². The molecule has 1 aromatic carbocycles. The summed E-state index contributed by atoms with van der Waals surface area (Å²) in [6.07, 6.45) is 1.65. The predicted molar refractivity (Wildman–Crippen MR) is 101 cm³/mol. The van der Waals surface area contributed by atoms with E-state index in [0.29, 0.717) is 21.1 Å². The molecule has 0 saturated heterocycles. The van der Waals surface area contributed by atoms with Crippen LogP contribution in [0.4, 0.5) is 0 Å². The van der Waals surface area contributed by atoms with Crippen molar-refractivity contribution >= 4 is 43.0 Å². The van der Waals surface area contributed by atoms with Crippen LogP contribution in [0, 0.1) is 13.8 Å². The number of aromatic nitrogens is 2. The molecule has 0 unspecified atom stereocenters. The number of thiophene rings is 1. The van der Waals surface area contributed by atoms with Crippen molar-refractivity contribution in [3.63, 3.8) is 0 Å². The maximum Gasteiger partial charge on any atom is 0.222 e. The van der Waals surface area contributed by atoms with Crippen LogP contribution in [0.25, 0.3) is 21.3 Å². The summed E-state index contributed by atoms with van der Waals surface area (Å²) in [6, 6.07) is 10.8. The van der Waals surface area contributed by atoms with Crippen LogP contribution in [0.15, 0.2) is 56.2 Å². The van der Waals surface area contributed by atoms with Crippen LogP contribution < -0.4 is 0 Å². The van der Waals surface area contributed by atoms with E-state index in [1.807, 2.05) is 18.2 Å². The first-order valence-corrected chi connectivity index (χ1v) is 10.4. The molecule has 132 valence electrons. The topological polar surface area (TPSA) is 73.1 Å². The maximum absolute atomic E-state index is 13.4. The lowest BCUT2D eigenvalue weighted by atomic mass is 10.1. The second-order valence-electron chi connectivity index (χ2n) is 5.78. The highest BCUT2D eigenvalue weighted by molar-refractivity contribution is 7.94. The molecule has 0 bridgehead atoms. The fraction of sp³-hybridized carbons (Fsp3) is 0.111. The first-order chi connectivity index (χ1) is 12.4. The van der Waals surface area contributed by atoms with Crippen LogP contribution >= 0.6 is 22.9 Å². The highest BCUT2D eigenvalue weighted by atomic mass is 35.5. The molecular formula is C18H13ClN2O3S2. The molecule has 0 aliphatic carbocycles. The molecule has 8 heteroatoms. The molecule has 0 fully saturated rings. The van der Waals surface area contributed by atoms with E-state index in [9.17, 15) is 8.42 Å². The highest BCUT2D eigenvalue weighted by Crippen LogP contribution is 2.43. The van der Waals surface area contributed by atoms with Crippen LogP contribution in [0.1, 0.15) is 11.5 Å². The molecule has 3 heterocycles. The van der Waals surface area contributed by atoms with Crippen LogP contribution in [0.3, 0.4) is 0 Å². The number of halogens is 1. The molecule has 0 amide bonds. The van der Waals surface area contributed by atoms with Gasteiger partial charge in [0, 0.05) is 22.2 Å². The Morgan fingerprint density at radius 1 is 1.12 bits per heavy atom. The van der Waals surface area contributed by atoms with Gasteiger partial charge in [0.1, 0.15) is 13.9 Å². The summed E-state index contributed by atoms with van der Waals surface area (Å²) in [5.41, 5.74) is 1.73. The van der Waals surface area contributed by atoms with Gasteiger partial charge in [-0.3, -0.25) is 0 Å². The summed E-state index contributed by atoms with van der Waals surface area (Å²) in [4.78, 5) is 5.10. The first kappa shape index (κ1) is 17.2. The number of benzene rings is 1. The quantitative estimate of drug-likeness (QED) is 0.477. The Morgan fingerprint density at radius 2 is 1.85 bits per heavy atom. The molecule has 0 atom stereocenters. The smallest absolute Gasteiger partial charge is 0.222 e. The minimum atomic E-state index is -3.82. The fourth-order valence-corrected chi connectivity index (χ4v) is 6.42. The average molecular weight is 405 g/mol. The number of fused-ring (bicyclic) bond motifs is 1. The molecule has 26 heavy (non-hydrogen) atoms. The zero-order valence-electron chi connectivity index (χ0n) is 13.9. The Labute approximate surface area is 159 Å².